The van der Waals surface area contributed by atoms with Crippen molar-refractivity contribution in [2.45, 2.75) is 32.4 Å². The highest BCUT2D eigenvalue weighted by atomic mass is 32.2. The van der Waals surface area contributed by atoms with E-state index in [1.54, 1.807) is 0 Å². The standard InChI is InChI=1S/C9H19NO4S/c1-9(2,3)10-6-8(11)7-14-4-5-15(10,12)13/h8,11H,4-7H2,1-3H3. The summed E-state index contributed by atoms with van der Waals surface area (Å²) in [6, 6.07) is 0. The Labute approximate surface area is 91.1 Å². The smallest absolute Gasteiger partial charge is 0.216 e. The number of β-amino-alcohol motifs (C(OH)–C–C–N with tert-alkyl or cyclic N) is 1. The first-order chi connectivity index (χ1) is 6.73. The second-order valence-corrected chi connectivity index (χ2v) is 6.76. The third kappa shape index (κ3) is 3.41. The van der Waals surface area contributed by atoms with Crippen LogP contribution < -0.4 is 0 Å². The molecule has 1 heterocycles. The molecule has 0 aromatic carbocycles. The SMILES string of the molecule is CC(C)(C)N1CC(O)COCCS1(=O)=O. The maximum Gasteiger partial charge on any atom is 0.216 e. The number of aliphatic hydroxyl groups excluding tert-OH is 1. The monoisotopic (exact) mass is 237 g/mol. The second-order valence-electron chi connectivity index (χ2n) is 4.75. The molecule has 1 aliphatic heterocycles. The van der Waals surface area contributed by atoms with Crippen LogP contribution in [0.1, 0.15) is 20.8 Å². The molecule has 15 heavy (non-hydrogen) atoms. The number of ether oxygens (including phenoxy) is 1. The van der Waals surface area contributed by atoms with Crippen LogP contribution in [0.5, 0.6) is 0 Å². The van der Waals surface area contributed by atoms with Gasteiger partial charge in [-0.15, -0.1) is 0 Å². The van der Waals surface area contributed by atoms with Gasteiger partial charge < -0.3 is 9.84 Å². The van der Waals surface area contributed by atoms with Crippen molar-refractivity contribution in [1.82, 2.24) is 4.31 Å². The van der Waals surface area contributed by atoms with E-state index < -0.39 is 21.7 Å². The maximum atomic E-state index is 11.9. The first-order valence-electron chi connectivity index (χ1n) is 5.00. The molecule has 5 nitrogen and oxygen atoms in total. The number of nitrogens with zero attached hydrogens (tertiary/aromatic N) is 1. The van der Waals surface area contributed by atoms with Gasteiger partial charge in [0.15, 0.2) is 0 Å². The Morgan fingerprint density at radius 2 is 2.00 bits per heavy atom. The van der Waals surface area contributed by atoms with Gasteiger partial charge in [-0.25, -0.2) is 8.42 Å². The lowest BCUT2D eigenvalue weighted by Gasteiger charge is -2.37. The van der Waals surface area contributed by atoms with E-state index in [2.05, 4.69) is 0 Å². The molecule has 0 aliphatic carbocycles. The second kappa shape index (κ2) is 4.37. The Balaban J connectivity index is 2.94. The van der Waals surface area contributed by atoms with E-state index in [9.17, 15) is 13.5 Å². The summed E-state index contributed by atoms with van der Waals surface area (Å²) in [5.74, 6) is -0.0169. The van der Waals surface area contributed by atoms with Crippen LogP contribution in [0.15, 0.2) is 0 Å². The lowest BCUT2D eigenvalue weighted by atomic mass is 10.1. The zero-order chi connectivity index (χ0) is 11.7. The summed E-state index contributed by atoms with van der Waals surface area (Å²) in [6.45, 7) is 5.90. The number of hydrogen-bond donors (Lipinski definition) is 1. The third-order valence-corrected chi connectivity index (χ3v) is 4.31. The Morgan fingerprint density at radius 1 is 1.40 bits per heavy atom. The highest BCUT2D eigenvalue weighted by molar-refractivity contribution is 7.89. The molecule has 0 bridgehead atoms. The predicted octanol–water partition coefficient (Wildman–Crippen LogP) is -0.192. The lowest BCUT2D eigenvalue weighted by Crippen LogP contribution is -2.52. The van der Waals surface area contributed by atoms with Crippen molar-refractivity contribution in [1.29, 1.82) is 0 Å². The van der Waals surface area contributed by atoms with Crippen molar-refractivity contribution in [3.63, 3.8) is 0 Å². The zero-order valence-electron chi connectivity index (χ0n) is 9.43. The number of sulfonamides is 1. The average Bonchev–Trinajstić information content (AvgIpc) is 2.04. The average molecular weight is 237 g/mol. The Hall–Kier alpha value is -0.170. The van der Waals surface area contributed by atoms with Crippen molar-refractivity contribution in [2.24, 2.45) is 0 Å². The fraction of sp³-hybridized carbons (Fsp3) is 1.00. The number of rotatable bonds is 0. The van der Waals surface area contributed by atoms with Crippen LogP contribution >= 0.6 is 0 Å². The summed E-state index contributed by atoms with van der Waals surface area (Å²) in [4.78, 5) is 0. The van der Waals surface area contributed by atoms with Gasteiger partial charge in [-0.05, 0) is 20.8 Å². The quantitative estimate of drug-likeness (QED) is 0.634. The van der Waals surface area contributed by atoms with Crippen LogP contribution in [0.3, 0.4) is 0 Å². The normalized spacial score (nSPS) is 29.5. The Kier molecular flexibility index (Phi) is 3.76. The van der Waals surface area contributed by atoms with Crippen molar-refractivity contribution >= 4 is 10.0 Å². The zero-order valence-corrected chi connectivity index (χ0v) is 10.2. The molecule has 0 radical (unpaired) electrons. The van der Waals surface area contributed by atoms with Gasteiger partial charge in [0, 0.05) is 12.1 Å². The molecule has 90 valence electrons. The summed E-state index contributed by atoms with van der Waals surface area (Å²) in [5.41, 5.74) is -0.503. The molecular weight excluding hydrogens is 218 g/mol. The molecule has 1 unspecified atom stereocenters. The van der Waals surface area contributed by atoms with E-state index in [0.29, 0.717) is 0 Å². The van der Waals surface area contributed by atoms with E-state index in [1.807, 2.05) is 20.8 Å². The van der Waals surface area contributed by atoms with Gasteiger partial charge in [0.25, 0.3) is 0 Å². The molecule has 1 aliphatic rings. The van der Waals surface area contributed by atoms with Gasteiger partial charge in [0.1, 0.15) is 0 Å². The molecular formula is C9H19NO4S. The minimum atomic E-state index is -3.33. The van der Waals surface area contributed by atoms with E-state index in [1.165, 1.54) is 4.31 Å². The molecule has 1 rings (SSSR count). The van der Waals surface area contributed by atoms with Crippen LogP contribution in [0.25, 0.3) is 0 Å². The highest BCUT2D eigenvalue weighted by Gasteiger charge is 2.35. The molecule has 1 fully saturated rings. The summed E-state index contributed by atoms with van der Waals surface area (Å²) in [7, 11) is -3.33. The van der Waals surface area contributed by atoms with Crippen molar-refractivity contribution in [2.75, 3.05) is 25.5 Å². The fourth-order valence-electron chi connectivity index (χ4n) is 1.54. The molecule has 0 aromatic rings. The van der Waals surface area contributed by atoms with E-state index in [4.69, 9.17) is 4.74 Å². The molecule has 0 amide bonds. The summed E-state index contributed by atoms with van der Waals surface area (Å²) < 4.78 is 30.1. The van der Waals surface area contributed by atoms with Crippen LogP contribution in [0.4, 0.5) is 0 Å². The number of hydrogen-bond acceptors (Lipinski definition) is 4. The van der Waals surface area contributed by atoms with Crippen molar-refractivity contribution in [3.05, 3.63) is 0 Å². The molecule has 6 heteroatoms. The van der Waals surface area contributed by atoms with E-state index in [0.717, 1.165) is 0 Å². The first-order valence-corrected chi connectivity index (χ1v) is 6.61. The molecule has 0 saturated carbocycles. The molecule has 1 saturated heterocycles. The van der Waals surface area contributed by atoms with Crippen molar-refractivity contribution in [3.8, 4) is 0 Å². The third-order valence-electron chi connectivity index (χ3n) is 2.26. The Morgan fingerprint density at radius 3 is 2.53 bits per heavy atom. The highest BCUT2D eigenvalue weighted by Crippen LogP contribution is 2.20. The van der Waals surface area contributed by atoms with Crippen LogP contribution in [-0.2, 0) is 14.8 Å². The van der Waals surface area contributed by atoms with Crippen LogP contribution in [-0.4, -0.2) is 55.0 Å². The van der Waals surface area contributed by atoms with Gasteiger partial charge in [-0.1, -0.05) is 0 Å². The van der Waals surface area contributed by atoms with Gasteiger partial charge in [0.05, 0.1) is 25.1 Å². The van der Waals surface area contributed by atoms with Gasteiger partial charge in [0.2, 0.25) is 10.0 Å². The lowest BCUT2D eigenvalue weighted by molar-refractivity contribution is 0.0173. The first kappa shape index (κ1) is 12.9. The predicted molar refractivity (Wildman–Crippen MR) is 57.1 cm³/mol. The molecule has 1 atom stereocenters. The molecule has 1 N–H and O–H groups in total. The summed E-state index contributed by atoms with van der Waals surface area (Å²) in [6.07, 6.45) is -0.751. The topological polar surface area (TPSA) is 66.8 Å². The van der Waals surface area contributed by atoms with Gasteiger partial charge in [-0.2, -0.15) is 4.31 Å². The minimum Gasteiger partial charge on any atom is -0.389 e. The van der Waals surface area contributed by atoms with E-state index >= 15 is 0 Å². The van der Waals surface area contributed by atoms with Crippen LogP contribution in [0.2, 0.25) is 0 Å². The van der Waals surface area contributed by atoms with Crippen LogP contribution in [0, 0.1) is 0 Å². The maximum absolute atomic E-state index is 11.9. The molecule has 0 spiro atoms. The van der Waals surface area contributed by atoms with Gasteiger partial charge in [-0.3, -0.25) is 0 Å². The summed E-state index contributed by atoms with van der Waals surface area (Å²) in [5, 5.41) is 9.55. The number of aliphatic hydroxyl groups is 1. The molecule has 0 aromatic heterocycles. The van der Waals surface area contributed by atoms with E-state index in [-0.39, 0.29) is 25.5 Å². The summed E-state index contributed by atoms with van der Waals surface area (Å²) >= 11 is 0. The largest absolute Gasteiger partial charge is 0.389 e. The fourth-order valence-corrected chi connectivity index (χ4v) is 3.33. The van der Waals surface area contributed by atoms with Crippen molar-refractivity contribution < 1.29 is 18.3 Å². The minimum absolute atomic E-state index is 0.0169. The van der Waals surface area contributed by atoms with Gasteiger partial charge >= 0.3 is 0 Å². The Bertz CT molecular complexity index is 307.